The van der Waals surface area contributed by atoms with Gasteiger partial charge in [0.15, 0.2) is 5.75 Å². The van der Waals surface area contributed by atoms with E-state index in [0.29, 0.717) is 17.9 Å². The molecule has 0 aromatic heterocycles. The number of carbonyl (C=O) groups is 1. The Hall–Kier alpha value is -2.84. The lowest BCUT2D eigenvalue weighted by atomic mass is 10.0. The first-order valence-corrected chi connectivity index (χ1v) is 10.7. The summed E-state index contributed by atoms with van der Waals surface area (Å²) in [6.07, 6.45) is -1.11. The number of aliphatic hydroxyl groups is 1. The number of anilines is 1. The molecule has 3 rings (SSSR count). The summed E-state index contributed by atoms with van der Waals surface area (Å²) in [5.74, 6) is 0.243. The summed E-state index contributed by atoms with van der Waals surface area (Å²) in [5, 5.41) is 12.4. The monoisotopic (exact) mass is 493 g/mol. The van der Waals surface area contributed by atoms with Crippen LogP contribution in [0.5, 0.6) is 17.2 Å². The van der Waals surface area contributed by atoms with Crippen molar-refractivity contribution in [3.8, 4) is 17.2 Å². The number of carbonyl (C=O) groups excluding carboxylic acids is 1. The number of nitrogens with one attached hydrogen (secondary N) is 1. The molecule has 3 aromatic rings. The summed E-state index contributed by atoms with van der Waals surface area (Å²) in [7, 11) is 1.56. The van der Waals surface area contributed by atoms with Crippen LogP contribution in [0, 0.1) is 5.82 Å². The zero-order chi connectivity index (χ0) is 24.0. The topological polar surface area (TPSA) is 77.0 Å². The molecule has 9 heteroatoms. The largest absolute Gasteiger partial charge is 0.496 e. The number of hydrogen-bond acceptors (Lipinski definition) is 5. The van der Waals surface area contributed by atoms with E-state index < -0.39 is 12.2 Å². The van der Waals surface area contributed by atoms with Crippen LogP contribution in [-0.4, -0.2) is 31.0 Å². The lowest BCUT2D eigenvalue weighted by Crippen LogP contribution is -2.30. The standard InChI is InChI=1S/C24H22Cl2FNO5/c1-3-32-24(30)23(29)28-17-12-19(25)22(20(26)13-17)33-18-8-9-21(31-2)15(11-18)10-14-4-6-16(27)7-5-14/h4-9,11-13,24,30H,3,10H2,1-2H3,(H,28,29). The lowest BCUT2D eigenvalue weighted by molar-refractivity contribution is -0.151. The van der Waals surface area contributed by atoms with Crippen molar-refractivity contribution >= 4 is 34.8 Å². The van der Waals surface area contributed by atoms with Gasteiger partial charge in [0.25, 0.3) is 5.91 Å². The minimum atomic E-state index is -1.61. The van der Waals surface area contributed by atoms with E-state index in [2.05, 4.69) is 5.32 Å². The minimum absolute atomic E-state index is 0.152. The zero-order valence-corrected chi connectivity index (χ0v) is 19.4. The van der Waals surface area contributed by atoms with Crippen molar-refractivity contribution in [3.05, 3.63) is 81.6 Å². The van der Waals surface area contributed by atoms with E-state index in [9.17, 15) is 14.3 Å². The van der Waals surface area contributed by atoms with Gasteiger partial charge >= 0.3 is 0 Å². The summed E-state index contributed by atoms with van der Waals surface area (Å²) in [4.78, 5) is 11.9. The first kappa shape index (κ1) is 24.8. The molecule has 33 heavy (non-hydrogen) atoms. The Bertz CT molecular complexity index is 1100. The SMILES string of the molecule is CCOC(O)C(=O)Nc1cc(Cl)c(Oc2ccc(OC)c(Cc3ccc(F)cc3)c2)c(Cl)c1. The van der Waals surface area contributed by atoms with E-state index in [1.807, 2.05) is 0 Å². The number of rotatable bonds is 9. The van der Waals surface area contributed by atoms with Gasteiger partial charge in [-0.2, -0.15) is 0 Å². The second-order valence-electron chi connectivity index (χ2n) is 6.94. The quantitative estimate of drug-likeness (QED) is 0.367. The lowest BCUT2D eigenvalue weighted by Gasteiger charge is -2.15. The molecule has 1 unspecified atom stereocenters. The third-order valence-corrected chi connectivity index (χ3v) is 5.16. The average Bonchev–Trinajstić information content (AvgIpc) is 2.78. The van der Waals surface area contributed by atoms with Crippen molar-refractivity contribution in [2.75, 3.05) is 19.0 Å². The maximum absolute atomic E-state index is 13.2. The van der Waals surface area contributed by atoms with Crippen molar-refractivity contribution in [1.82, 2.24) is 0 Å². The second kappa shape index (κ2) is 11.3. The summed E-state index contributed by atoms with van der Waals surface area (Å²) in [6.45, 7) is 1.83. The highest BCUT2D eigenvalue weighted by atomic mass is 35.5. The van der Waals surface area contributed by atoms with E-state index in [1.54, 1.807) is 44.4 Å². The van der Waals surface area contributed by atoms with Crippen LogP contribution >= 0.6 is 23.2 Å². The molecular formula is C24H22Cl2FNO5. The van der Waals surface area contributed by atoms with Crippen molar-refractivity contribution in [1.29, 1.82) is 0 Å². The highest BCUT2D eigenvalue weighted by Gasteiger charge is 2.18. The fourth-order valence-electron chi connectivity index (χ4n) is 3.06. The summed E-state index contributed by atoms with van der Waals surface area (Å²) in [6, 6.07) is 14.3. The van der Waals surface area contributed by atoms with E-state index in [-0.39, 0.29) is 33.9 Å². The molecule has 0 aliphatic heterocycles. The number of benzene rings is 3. The molecule has 0 aliphatic rings. The highest BCUT2D eigenvalue weighted by molar-refractivity contribution is 6.37. The Morgan fingerprint density at radius 3 is 2.36 bits per heavy atom. The molecule has 0 spiro atoms. The van der Waals surface area contributed by atoms with Gasteiger partial charge in [0.1, 0.15) is 17.3 Å². The van der Waals surface area contributed by atoms with Crippen LogP contribution in [0.15, 0.2) is 54.6 Å². The molecule has 0 aliphatic carbocycles. The fourth-order valence-corrected chi connectivity index (χ4v) is 3.63. The van der Waals surface area contributed by atoms with Crippen LogP contribution in [0.3, 0.4) is 0 Å². The van der Waals surface area contributed by atoms with Gasteiger partial charge in [-0.1, -0.05) is 35.3 Å². The van der Waals surface area contributed by atoms with Gasteiger partial charge in [-0.15, -0.1) is 0 Å². The molecular weight excluding hydrogens is 472 g/mol. The molecule has 3 aromatic carbocycles. The van der Waals surface area contributed by atoms with Crippen molar-refractivity contribution in [2.45, 2.75) is 19.6 Å². The maximum Gasteiger partial charge on any atom is 0.281 e. The normalized spacial score (nSPS) is 11.7. The van der Waals surface area contributed by atoms with E-state index in [0.717, 1.165) is 11.1 Å². The van der Waals surface area contributed by atoms with Crippen LogP contribution in [0.25, 0.3) is 0 Å². The Balaban J connectivity index is 1.81. The van der Waals surface area contributed by atoms with Gasteiger partial charge < -0.3 is 24.6 Å². The van der Waals surface area contributed by atoms with E-state index in [1.165, 1.54) is 24.3 Å². The van der Waals surface area contributed by atoms with E-state index >= 15 is 0 Å². The third kappa shape index (κ3) is 6.58. The molecule has 6 nitrogen and oxygen atoms in total. The molecule has 0 bridgehead atoms. The van der Waals surface area contributed by atoms with Gasteiger partial charge in [0.05, 0.1) is 17.2 Å². The Morgan fingerprint density at radius 1 is 1.09 bits per heavy atom. The third-order valence-electron chi connectivity index (χ3n) is 4.59. The Morgan fingerprint density at radius 2 is 1.76 bits per heavy atom. The Kier molecular flexibility index (Phi) is 8.52. The van der Waals surface area contributed by atoms with Crippen LogP contribution in [0.1, 0.15) is 18.1 Å². The molecule has 0 saturated carbocycles. The minimum Gasteiger partial charge on any atom is -0.496 e. The number of methoxy groups -OCH3 is 1. The molecule has 1 atom stereocenters. The van der Waals surface area contributed by atoms with Gasteiger partial charge in [0, 0.05) is 24.3 Å². The van der Waals surface area contributed by atoms with Gasteiger partial charge in [-0.25, -0.2) is 4.39 Å². The second-order valence-corrected chi connectivity index (χ2v) is 7.76. The predicted molar refractivity (Wildman–Crippen MR) is 125 cm³/mol. The van der Waals surface area contributed by atoms with Crippen LogP contribution < -0.4 is 14.8 Å². The first-order valence-electron chi connectivity index (χ1n) is 9.99. The summed E-state index contributed by atoms with van der Waals surface area (Å²) in [5.41, 5.74) is 1.99. The molecule has 0 radical (unpaired) electrons. The van der Waals surface area contributed by atoms with Gasteiger partial charge in [-0.05, 0) is 55.0 Å². The molecule has 0 fully saturated rings. The highest BCUT2D eigenvalue weighted by Crippen LogP contribution is 2.40. The summed E-state index contributed by atoms with van der Waals surface area (Å²) >= 11 is 12.7. The number of aliphatic hydroxyl groups excluding tert-OH is 1. The van der Waals surface area contributed by atoms with Crippen LogP contribution in [-0.2, 0) is 16.0 Å². The van der Waals surface area contributed by atoms with Gasteiger partial charge in [-0.3, -0.25) is 4.79 Å². The smallest absolute Gasteiger partial charge is 0.281 e. The fraction of sp³-hybridized carbons (Fsp3) is 0.208. The number of hydrogen-bond donors (Lipinski definition) is 2. The maximum atomic E-state index is 13.2. The Labute approximate surface area is 200 Å². The van der Waals surface area contributed by atoms with Crippen LogP contribution in [0.4, 0.5) is 10.1 Å². The van der Waals surface area contributed by atoms with Crippen molar-refractivity contribution < 1.29 is 28.5 Å². The molecule has 0 heterocycles. The number of halogens is 3. The molecule has 174 valence electrons. The zero-order valence-electron chi connectivity index (χ0n) is 17.9. The predicted octanol–water partition coefficient (Wildman–Crippen LogP) is 5.82. The van der Waals surface area contributed by atoms with Crippen molar-refractivity contribution in [2.24, 2.45) is 0 Å². The van der Waals surface area contributed by atoms with Gasteiger partial charge in [0.2, 0.25) is 6.29 Å². The average molecular weight is 494 g/mol. The molecule has 0 saturated heterocycles. The number of ether oxygens (including phenoxy) is 3. The van der Waals surface area contributed by atoms with E-state index in [4.69, 9.17) is 37.4 Å². The number of amides is 1. The molecule has 1 amide bonds. The summed E-state index contributed by atoms with van der Waals surface area (Å²) < 4.78 is 29.4. The van der Waals surface area contributed by atoms with Crippen LogP contribution in [0.2, 0.25) is 10.0 Å². The molecule has 2 N–H and O–H groups in total. The first-order chi connectivity index (χ1) is 15.8. The van der Waals surface area contributed by atoms with Crippen molar-refractivity contribution in [3.63, 3.8) is 0 Å².